The van der Waals surface area contributed by atoms with Crippen LogP contribution in [0.2, 0.25) is 0 Å². The van der Waals surface area contributed by atoms with Gasteiger partial charge in [-0.15, -0.1) is 25.3 Å². The highest BCUT2D eigenvalue weighted by Gasteiger charge is 2.05. The third-order valence-electron chi connectivity index (χ3n) is 2.28. The topological polar surface area (TPSA) is 25.8 Å². The highest BCUT2D eigenvalue weighted by molar-refractivity contribution is 8.12. The predicted octanol–water partition coefficient (Wildman–Crippen LogP) is 3.35. The Labute approximate surface area is 127 Å². The fraction of sp³-hybridized carbons (Fsp3) is 0. The number of nitrogens with zero attached hydrogens (tertiary/aromatic N) is 2. The Bertz CT molecular complexity index is 569. The van der Waals surface area contributed by atoms with Gasteiger partial charge in [0, 0.05) is 23.5 Å². The molecule has 0 aliphatic heterocycles. The molecular formula is C12H8N2S4. The average Bonchev–Trinajstić information content (AvgIpc) is 2.39. The standard InChI is InChI=1S/C12H8N2S4/c15-11(16)7-1-3-13-9(5-7)10-6-8(12(17)18)2-4-14-10/h1-6H,(H,15,16)(H,17,18). The lowest BCUT2D eigenvalue weighted by Gasteiger charge is -2.04. The van der Waals surface area contributed by atoms with Crippen LogP contribution in [0.4, 0.5) is 0 Å². The van der Waals surface area contributed by atoms with E-state index in [2.05, 4.69) is 35.2 Å². The van der Waals surface area contributed by atoms with E-state index in [1.807, 2.05) is 24.3 Å². The highest BCUT2D eigenvalue weighted by Crippen LogP contribution is 2.18. The molecule has 2 aromatic rings. The van der Waals surface area contributed by atoms with Crippen LogP contribution >= 0.6 is 49.7 Å². The summed E-state index contributed by atoms with van der Waals surface area (Å²) in [6, 6.07) is 7.32. The van der Waals surface area contributed by atoms with Gasteiger partial charge in [0.1, 0.15) is 0 Å². The highest BCUT2D eigenvalue weighted by atomic mass is 32.1. The molecule has 0 radical (unpaired) electrons. The van der Waals surface area contributed by atoms with Crippen LogP contribution in [0, 0.1) is 0 Å². The lowest BCUT2D eigenvalue weighted by molar-refractivity contribution is 1.24. The van der Waals surface area contributed by atoms with Gasteiger partial charge in [0.05, 0.1) is 19.8 Å². The van der Waals surface area contributed by atoms with E-state index < -0.39 is 0 Å². The molecule has 0 amide bonds. The van der Waals surface area contributed by atoms with Crippen molar-refractivity contribution in [3.63, 3.8) is 0 Å². The van der Waals surface area contributed by atoms with Crippen LogP contribution in [0.15, 0.2) is 36.7 Å². The monoisotopic (exact) mass is 308 g/mol. The Kier molecular flexibility index (Phi) is 4.45. The van der Waals surface area contributed by atoms with Gasteiger partial charge in [-0.05, 0) is 24.3 Å². The fourth-order valence-electron chi connectivity index (χ4n) is 1.41. The smallest absolute Gasteiger partial charge is 0.0893 e. The molecule has 0 aromatic carbocycles. The summed E-state index contributed by atoms with van der Waals surface area (Å²) in [5.74, 6) is 0. The molecule has 0 bridgehead atoms. The molecule has 0 saturated carbocycles. The molecule has 0 fully saturated rings. The Balaban J connectivity index is 2.48. The van der Waals surface area contributed by atoms with Crippen LogP contribution < -0.4 is 0 Å². The van der Waals surface area contributed by atoms with Crippen LogP contribution in [0.5, 0.6) is 0 Å². The largest absolute Gasteiger partial charge is 0.255 e. The van der Waals surface area contributed by atoms with Crippen molar-refractivity contribution in [3.8, 4) is 11.4 Å². The Morgan fingerprint density at radius 1 is 0.833 bits per heavy atom. The predicted molar refractivity (Wildman–Crippen MR) is 88.8 cm³/mol. The molecule has 0 aliphatic rings. The van der Waals surface area contributed by atoms with Crippen LogP contribution in [-0.2, 0) is 0 Å². The SMILES string of the molecule is S=C(S)c1ccnc(-c2cc(C(=S)S)ccn2)c1. The van der Waals surface area contributed by atoms with E-state index in [1.54, 1.807) is 12.4 Å². The Morgan fingerprint density at radius 3 is 1.56 bits per heavy atom. The van der Waals surface area contributed by atoms with E-state index >= 15 is 0 Å². The van der Waals surface area contributed by atoms with Crippen molar-refractivity contribution in [1.82, 2.24) is 9.97 Å². The van der Waals surface area contributed by atoms with Crippen molar-refractivity contribution >= 4 is 58.1 Å². The second-order valence-corrected chi connectivity index (χ2v) is 5.79. The normalized spacial score (nSPS) is 10.1. The maximum absolute atomic E-state index is 5.02. The van der Waals surface area contributed by atoms with E-state index in [9.17, 15) is 0 Å². The van der Waals surface area contributed by atoms with E-state index in [-0.39, 0.29) is 0 Å². The molecule has 0 unspecified atom stereocenters. The van der Waals surface area contributed by atoms with Gasteiger partial charge >= 0.3 is 0 Å². The summed E-state index contributed by atoms with van der Waals surface area (Å²) in [4.78, 5) is 8.54. The lowest BCUT2D eigenvalue weighted by atomic mass is 10.1. The third-order valence-corrected chi connectivity index (χ3v) is 3.26. The van der Waals surface area contributed by atoms with Crippen LogP contribution in [0.3, 0.4) is 0 Å². The first-order valence-corrected chi connectivity index (χ1v) is 6.68. The first-order chi connectivity index (χ1) is 8.58. The van der Waals surface area contributed by atoms with Gasteiger partial charge in [-0.3, -0.25) is 9.97 Å². The zero-order valence-corrected chi connectivity index (χ0v) is 12.5. The average molecular weight is 308 g/mol. The molecule has 0 aliphatic carbocycles. The molecule has 0 atom stereocenters. The minimum absolute atomic E-state index is 0.527. The van der Waals surface area contributed by atoms with Crippen molar-refractivity contribution in [3.05, 3.63) is 47.8 Å². The molecule has 0 spiro atoms. The maximum Gasteiger partial charge on any atom is 0.0893 e. The minimum atomic E-state index is 0.527. The number of aromatic nitrogens is 2. The summed E-state index contributed by atoms with van der Waals surface area (Å²) >= 11 is 18.3. The summed E-state index contributed by atoms with van der Waals surface area (Å²) in [7, 11) is 0. The molecule has 6 heteroatoms. The first-order valence-electron chi connectivity index (χ1n) is 4.97. The molecule has 18 heavy (non-hydrogen) atoms. The van der Waals surface area contributed by atoms with Crippen LogP contribution in [-0.4, -0.2) is 18.4 Å². The van der Waals surface area contributed by atoms with E-state index in [0.717, 1.165) is 22.5 Å². The van der Waals surface area contributed by atoms with Gasteiger partial charge in [0.25, 0.3) is 0 Å². The van der Waals surface area contributed by atoms with E-state index in [1.165, 1.54) is 0 Å². The molecule has 2 aromatic heterocycles. The Morgan fingerprint density at radius 2 is 1.22 bits per heavy atom. The van der Waals surface area contributed by atoms with Crippen molar-refractivity contribution in [2.75, 3.05) is 0 Å². The van der Waals surface area contributed by atoms with Gasteiger partial charge in [0.15, 0.2) is 0 Å². The molecule has 2 rings (SSSR count). The molecule has 0 N–H and O–H groups in total. The number of pyridine rings is 2. The number of hydrogen-bond donors (Lipinski definition) is 2. The summed E-state index contributed by atoms with van der Waals surface area (Å²) < 4.78 is 1.05. The zero-order chi connectivity index (χ0) is 13.1. The maximum atomic E-state index is 5.02. The summed E-state index contributed by atoms with van der Waals surface area (Å²) in [6.07, 6.45) is 3.36. The molecular weight excluding hydrogens is 300 g/mol. The number of thiocarbonyl (C=S) groups is 2. The number of thiol groups is 2. The third kappa shape index (κ3) is 3.14. The van der Waals surface area contributed by atoms with Crippen LogP contribution in [0.25, 0.3) is 11.4 Å². The van der Waals surface area contributed by atoms with Crippen molar-refractivity contribution in [2.45, 2.75) is 0 Å². The van der Waals surface area contributed by atoms with Crippen molar-refractivity contribution in [2.24, 2.45) is 0 Å². The second-order valence-electron chi connectivity index (χ2n) is 3.47. The van der Waals surface area contributed by atoms with Gasteiger partial charge in [-0.1, -0.05) is 24.4 Å². The molecule has 2 nitrogen and oxygen atoms in total. The summed E-state index contributed by atoms with van der Waals surface area (Å²) in [5.41, 5.74) is 3.16. The van der Waals surface area contributed by atoms with Gasteiger partial charge in [-0.2, -0.15) is 0 Å². The molecule has 90 valence electrons. The summed E-state index contributed by atoms with van der Waals surface area (Å²) in [5, 5.41) is 0. The lowest BCUT2D eigenvalue weighted by Crippen LogP contribution is -1.95. The van der Waals surface area contributed by atoms with Crippen LogP contribution in [0.1, 0.15) is 11.1 Å². The molecule has 2 heterocycles. The van der Waals surface area contributed by atoms with E-state index in [0.29, 0.717) is 8.39 Å². The molecule has 0 saturated heterocycles. The van der Waals surface area contributed by atoms with Crippen molar-refractivity contribution < 1.29 is 0 Å². The van der Waals surface area contributed by atoms with Gasteiger partial charge in [-0.25, -0.2) is 0 Å². The zero-order valence-electron chi connectivity index (χ0n) is 9.07. The van der Waals surface area contributed by atoms with E-state index in [4.69, 9.17) is 24.4 Å². The van der Waals surface area contributed by atoms with Gasteiger partial charge in [0.2, 0.25) is 0 Å². The van der Waals surface area contributed by atoms with Crippen molar-refractivity contribution in [1.29, 1.82) is 0 Å². The van der Waals surface area contributed by atoms with Gasteiger partial charge < -0.3 is 0 Å². The number of rotatable bonds is 3. The summed E-state index contributed by atoms with van der Waals surface area (Å²) in [6.45, 7) is 0. The quantitative estimate of drug-likeness (QED) is 0.671. The second kappa shape index (κ2) is 5.88. The fourth-order valence-corrected chi connectivity index (χ4v) is 1.94. The Hall–Kier alpha value is -0.820. The first kappa shape index (κ1) is 13.6. The number of hydrogen-bond acceptors (Lipinski definition) is 4. The minimum Gasteiger partial charge on any atom is -0.255 e.